The molecule has 0 fully saturated rings. The van der Waals surface area contributed by atoms with Gasteiger partial charge in [0.15, 0.2) is 11.5 Å². The highest BCUT2D eigenvalue weighted by molar-refractivity contribution is 5.52. The van der Waals surface area contributed by atoms with Gasteiger partial charge in [-0.05, 0) is 0 Å². The first-order chi connectivity index (χ1) is 9.83. The Morgan fingerprint density at radius 2 is 2.10 bits per heavy atom. The number of rotatable bonds is 2. The molecule has 0 unspecified atom stereocenters. The Labute approximate surface area is 115 Å². The van der Waals surface area contributed by atoms with Crippen LogP contribution >= 0.6 is 0 Å². The Balaban J connectivity index is 1.98. The number of aromatic nitrogens is 4. The van der Waals surface area contributed by atoms with Crippen LogP contribution in [0.3, 0.4) is 0 Å². The molecule has 0 aliphatic carbocycles. The van der Waals surface area contributed by atoms with Gasteiger partial charge in [0.1, 0.15) is 12.4 Å². The van der Waals surface area contributed by atoms with Crippen molar-refractivity contribution < 1.29 is 4.74 Å². The minimum absolute atomic E-state index is 0.326. The van der Waals surface area contributed by atoms with E-state index < -0.39 is 0 Å². The van der Waals surface area contributed by atoms with Gasteiger partial charge in [-0.25, -0.2) is 19.9 Å². The Kier molecular flexibility index (Phi) is 3.13. The maximum atomic E-state index is 9.12. The zero-order valence-electron chi connectivity index (χ0n) is 10.9. The van der Waals surface area contributed by atoms with Gasteiger partial charge in [0, 0.05) is 25.4 Å². The first-order valence-corrected chi connectivity index (χ1v) is 6.16. The molecule has 0 radical (unpaired) electrons. The van der Waals surface area contributed by atoms with Crippen LogP contribution in [-0.4, -0.2) is 33.6 Å². The highest BCUT2D eigenvalue weighted by Crippen LogP contribution is 2.27. The van der Waals surface area contributed by atoms with Crippen LogP contribution in [0.25, 0.3) is 0 Å². The lowest BCUT2D eigenvalue weighted by Crippen LogP contribution is -2.33. The lowest BCUT2D eigenvalue weighted by atomic mass is 10.1. The second kappa shape index (κ2) is 5.09. The molecule has 0 saturated heterocycles. The third-order valence-electron chi connectivity index (χ3n) is 3.24. The molecule has 0 aromatic carbocycles. The zero-order chi connectivity index (χ0) is 13.9. The molecule has 100 valence electrons. The van der Waals surface area contributed by atoms with Crippen LogP contribution in [0.1, 0.15) is 17.0 Å². The first-order valence-electron chi connectivity index (χ1n) is 6.16. The standard InChI is InChI=1S/C13H12N6O/c1-20-13-9-7-19(5-2-10(9)17-8-18-13)12-11(6-14)15-3-4-16-12/h3-4,8H,2,5,7H2,1H3. The fraction of sp³-hybridized carbons (Fsp3) is 0.308. The minimum atomic E-state index is 0.326. The fourth-order valence-corrected chi connectivity index (χ4v) is 2.31. The van der Waals surface area contributed by atoms with Crippen LogP contribution in [0.4, 0.5) is 5.82 Å². The van der Waals surface area contributed by atoms with Gasteiger partial charge >= 0.3 is 0 Å². The Bertz CT molecular complexity index is 667. The van der Waals surface area contributed by atoms with Crippen molar-refractivity contribution in [2.75, 3.05) is 18.6 Å². The number of anilines is 1. The minimum Gasteiger partial charge on any atom is -0.481 e. The molecule has 1 aliphatic heterocycles. The highest BCUT2D eigenvalue weighted by atomic mass is 16.5. The normalized spacial score (nSPS) is 13.5. The summed E-state index contributed by atoms with van der Waals surface area (Å²) in [4.78, 5) is 18.7. The van der Waals surface area contributed by atoms with Crippen LogP contribution in [0.15, 0.2) is 18.7 Å². The molecule has 7 heteroatoms. The third kappa shape index (κ3) is 2.01. The van der Waals surface area contributed by atoms with Crippen molar-refractivity contribution in [1.82, 2.24) is 19.9 Å². The van der Waals surface area contributed by atoms with Gasteiger partial charge in [-0.1, -0.05) is 0 Å². The summed E-state index contributed by atoms with van der Waals surface area (Å²) in [7, 11) is 1.59. The van der Waals surface area contributed by atoms with Gasteiger partial charge in [0.05, 0.1) is 24.9 Å². The average molecular weight is 268 g/mol. The SMILES string of the molecule is COc1ncnc2c1CN(c1nccnc1C#N)CC2. The summed E-state index contributed by atoms with van der Waals surface area (Å²) >= 11 is 0. The number of fused-ring (bicyclic) bond motifs is 1. The Morgan fingerprint density at radius 3 is 2.90 bits per heavy atom. The van der Waals surface area contributed by atoms with Crippen molar-refractivity contribution in [2.24, 2.45) is 0 Å². The molecule has 0 N–H and O–H groups in total. The molecule has 2 aromatic heterocycles. The molecule has 0 saturated carbocycles. The topological polar surface area (TPSA) is 87.8 Å². The van der Waals surface area contributed by atoms with Gasteiger partial charge in [0.25, 0.3) is 0 Å². The van der Waals surface area contributed by atoms with Crippen molar-refractivity contribution in [3.8, 4) is 11.9 Å². The van der Waals surface area contributed by atoms with Gasteiger partial charge in [-0.3, -0.25) is 0 Å². The molecule has 1 aliphatic rings. The van der Waals surface area contributed by atoms with E-state index >= 15 is 0 Å². The van der Waals surface area contributed by atoms with Crippen LogP contribution in [0.2, 0.25) is 0 Å². The van der Waals surface area contributed by atoms with E-state index in [9.17, 15) is 0 Å². The van der Waals surface area contributed by atoms with Gasteiger partial charge < -0.3 is 9.64 Å². The molecule has 3 heterocycles. The third-order valence-corrected chi connectivity index (χ3v) is 3.24. The summed E-state index contributed by atoms with van der Waals surface area (Å²) in [5.74, 6) is 1.16. The summed E-state index contributed by atoms with van der Waals surface area (Å²) in [6.07, 6.45) is 5.38. The first kappa shape index (κ1) is 12.3. The second-order valence-corrected chi connectivity index (χ2v) is 4.32. The van der Waals surface area contributed by atoms with E-state index in [1.165, 1.54) is 12.5 Å². The number of hydrogen-bond acceptors (Lipinski definition) is 7. The largest absolute Gasteiger partial charge is 0.481 e. The smallest absolute Gasteiger partial charge is 0.221 e. The highest BCUT2D eigenvalue weighted by Gasteiger charge is 2.24. The van der Waals surface area contributed by atoms with E-state index in [1.807, 2.05) is 4.90 Å². The van der Waals surface area contributed by atoms with Crippen molar-refractivity contribution in [2.45, 2.75) is 13.0 Å². The zero-order valence-corrected chi connectivity index (χ0v) is 10.9. The lowest BCUT2D eigenvalue weighted by molar-refractivity contribution is 0.387. The fourth-order valence-electron chi connectivity index (χ4n) is 2.31. The van der Waals surface area contributed by atoms with Gasteiger partial charge in [-0.2, -0.15) is 5.26 Å². The van der Waals surface area contributed by atoms with Crippen molar-refractivity contribution in [1.29, 1.82) is 5.26 Å². The molecule has 0 atom stereocenters. The summed E-state index contributed by atoms with van der Waals surface area (Å²) in [6.45, 7) is 1.30. The number of hydrogen-bond donors (Lipinski definition) is 0. The van der Waals surface area contributed by atoms with Crippen molar-refractivity contribution >= 4 is 5.82 Å². The summed E-state index contributed by atoms with van der Waals surface area (Å²) in [5, 5.41) is 9.12. The predicted octanol–water partition coefficient (Wildman–Crippen LogP) is 0.710. The Hall–Kier alpha value is -2.75. The summed E-state index contributed by atoms with van der Waals surface area (Å²) < 4.78 is 5.27. The van der Waals surface area contributed by atoms with E-state index in [1.54, 1.807) is 13.3 Å². The summed E-state index contributed by atoms with van der Waals surface area (Å²) in [5.41, 5.74) is 2.25. The maximum Gasteiger partial charge on any atom is 0.221 e. The van der Waals surface area contributed by atoms with E-state index in [-0.39, 0.29) is 0 Å². The summed E-state index contributed by atoms with van der Waals surface area (Å²) in [6, 6.07) is 2.07. The molecule has 0 spiro atoms. The van der Waals surface area contributed by atoms with Crippen molar-refractivity contribution in [3.05, 3.63) is 35.7 Å². The number of methoxy groups -OCH3 is 1. The van der Waals surface area contributed by atoms with Crippen molar-refractivity contribution in [3.63, 3.8) is 0 Å². The van der Waals surface area contributed by atoms with Crippen LogP contribution in [-0.2, 0) is 13.0 Å². The number of nitriles is 1. The Morgan fingerprint density at radius 1 is 1.25 bits per heavy atom. The molecule has 20 heavy (non-hydrogen) atoms. The van der Waals surface area contributed by atoms with E-state index in [0.29, 0.717) is 23.9 Å². The molecule has 3 rings (SSSR count). The van der Waals surface area contributed by atoms with E-state index in [2.05, 4.69) is 26.0 Å². The van der Waals surface area contributed by atoms with E-state index in [4.69, 9.17) is 10.00 Å². The van der Waals surface area contributed by atoms with Crippen LogP contribution in [0.5, 0.6) is 5.88 Å². The molecule has 0 bridgehead atoms. The molecular formula is C13H12N6O. The van der Waals surface area contributed by atoms with Gasteiger partial charge in [0.2, 0.25) is 5.88 Å². The van der Waals surface area contributed by atoms with Crippen LogP contribution < -0.4 is 9.64 Å². The van der Waals surface area contributed by atoms with Gasteiger partial charge in [-0.15, -0.1) is 0 Å². The molecule has 7 nitrogen and oxygen atoms in total. The molecule has 2 aromatic rings. The molecule has 0 amide bonds. The predicted molar refractivity (Wildman–Crippen MR) is 70.1 cm³/mol. The quantitative estimate of drug-likeness (QED) is 0.792. The molecular weight excluding hydrogens is 256 g/mol. The van der Waals surface area contributed by atoms with E-state index in [0.717, 1.165) is 24.2 Å². The number of nitrogens with zero attached hydrogens (tertiary/aromatic N) is 6. The monoisotopic (exact) mass is 268 g/mol. The maximum absolute atomic E-state index is 9.12. The number of ether oxygens (including phenoxy) is 1. The van der Waals surface area contributed by atoms with Crippen LogP contribution in [0, 0.1) is 11.3 Å². The lowest BCUT2D eigenvalue weighted by Gasteiger charge is -2.29. The average Bonchev–Trinajstić information content (AvgIpc) is 2.53. The second-order valence-electron chi connectivity index (χ2n) is 4.32.